The fourth-order valence-electron chi connectivity index (χ4n) is 14.6. The summed E-state index contributed by atoms with van der Waals surface area (Å²) in [6.07, 6.45) is 5.31. The first-order chi connectivity index (χ1) is 33.2. The quantitative estimate of drug-likeness (QED) is 0.161. The van der Waals surface area contributed by atoms with E-state index in [0.29, 0.717) is 5.92 Å². The van der Waals surface area contributed by atoms with Crippen LogP contribution < -0.4 is 4.90 Å². The van der Waals surface area contributed by atoms with E-state index >= 15 is 0 Å². The van der Waals surface area contributed by atoms with Crippen LogP contribution in [0.5, 0.6) is 0 Å². The number of para-hydroxylation sites is 1. The lowest BCUT2D eigenvalue weighted by atomic mass is 9.67. The van der Waals surface area contributed by atoms with Gasteiger partial charge in [-0.2, -0.15) is 0 Å². The van der Waals surface area contributed by atoms with Crippen molar-refractivity contribution in [2.45, 2.75) is 69.6 Å². The molecule has 3 unspecified atom stereocenters. The summed E-state index contributed by atoms with van der Waals surface area (Å²) >= 11 is 0. The molecule has 5 aliphatic rings. The molecule has 1 heteroatoms. The molecule has 9 aromatic carbocycles. The zero-order valence-corrected chi connectivity index (χ0v) is 39.5. The van der Waals surface area contributed by atoms with Gasteiger partial charge in [-0.1, -0.05) is 198 Å². The third-order valence-corrected chi connectivity index (χ3v) is 17.6. The molecule has 0 radical (unpaired) electrons. The Hall–Kier alpha value is -7.22. The van der Waals surface area contributed by atoms with Gasteiger partial charge in [0.1, 0.15) is 0 Å². The maximum Gasteiger partial charge on any atom is 0.0540 e. The van der Waals surface area contributed by atoms with Crippen molar-refractivity contribution in [1.82, 2.24) is 0 Å². The fourth-order valence-corrected chi connectivity index (χ4v) is 14.6. The second-order valence-electron chi connectivity index (χ2n) is 21.6. The minimum Gasteiger partial charge on any atom is -0.310 e. The van der Waals surface area contributed by atoms with Crippen LogP contribution in [0, 0.1) is 11.8 Å². The standard InChI is InChI=1S/C67H55N/c1-65(2)58-24-11-7-19-51(58)54-36-31-44(39-61(54)65)49-17-10-14-27-63(49)68(47-35-37-55-52-20-9-13-26-60(52)67(62(55)40-47)41-42-28-32-45(67)38-42)46-33-29-43(30-34-46)48-16-5-6-18-50(48)56-22-15-23-57-53-21-8-12-25-59(53)66(3,4)64(56)57/h5-27,29-31,33-37,39-40,42,45H,28,32,38,41H2,1-4H3. The second kappa shape index (κ2) is 14.4. The SMILES string of the molecule is CC1(C)c2ccccc2-c2ccc(-c3ccccc3N(c3ccc(-c4ccccc4-c4cccc5c4C(C)(C)c4ccccc4-5)cc3)c3ccc4c(c3)C3(CC5CCC3C5)c3ccccc3-4)cc21. The van der Waals surface area contributed by atoms with E-state index in [2.05, 4.69) is 233 Å². The van der Waals surface area contributed by atoms with Gasteiger partial charge in [0.15, 0.2) is 0 Å². The van der Waals surface area contributed by atoms with E-state index in [9.17, 15) is 0 Å². The Morgan fingerprint density at radius 1 is 0.368 bits per heavy atom. The van der Waals surface area contributed by atoms with Crippen LogP contribution in [-0.4, -0.2) is 0 Å². The van der Waals surface area contributed by atoms with Crippen LogP contribution in [0.1, 0.15) is 86.8 Å². The van der Waals surface area contributed by atoms with E-state index < -0.39 is 0 Å². The molecular weight excluding hydrogens is 819 g/mol. The minimum atomic E-state index is -0.111. The zero-order valence-electron chi connectivity index (χ0n) is 39.5. The third kappa shape index (κ3) is 5.45. The summed E-state index contributed by atoms with van der Waals surface area (Å²) in [5.41, 5.74) is 28.0. The van der Waals surface area contributed by atoms with Crippen molar-refractivity contribution in [1.29, 1.82) is 0 Å². The Morgan fingerprint density at radius 2 is 0.882 bits per heavy atom. The third-order valence-electron chi connectivity index (χ3n) is 17.6. The maximum atomic E-state index is 2.61. The lowest BCUT2D eigenvalue weighted by molar-refractivity contribution is 0.327. The van der Waals surface area contributed by atoms with Crippen molar-refractivity contribution in [2.24, 2.45) is 11.8 Å². The van der Waals surface area contributed by atoms with Gasteiger partial charge in [-0.05, 0) is 162 Å². The number of fused-ring (bicyclic) bond motifs is 14. The van der Waals surface area contributed by atoms with E-state index in [4.69, 9.17) is 0 Å². The molecule has 0 aliphatic heterocycles. The van der Waals surface area contributed by atoms with Crippen LogP contribution in [0.15, 0.2) is 200 Å². The molecule has 0 saturated heterocycles. The van der Waals surface area contributed by atoms with E-state index in [1.54, 1.807) is 5.56 Å². The molecule has 1 spiro atoms. The molecule has 2 fully saturated rings. The first-order valence-corrected chi connectivity index (χ1v) is 25.0. The second-order valence-corrected chi connectivity index (χ2v) is 21.6. The minimum absolute atomic E-state index is 0.0811. The Bertz CT molecular complexity index is 3550. The van der Waals surface area contributed by atoms with Crippen LogP contribution in [0.2, 0.25) is 0 Å². The molecule has 1 nitrogen and oxygen atoms in total. The van der Waals surface area contributed by atoms with Crippen molar-refractivity contribution in [3.63, 3.8) is 0 Å². The van der Waals surface area contributed by atoms with Gasteiger partial charge in [0.2, 0.25) is 0 Å². The summed E-state index contributed by atoms with van der Waals surface area (Å²) in [5.74, 6) is 1.50. The molecule has 0 amide bonds. The summed E-state index contributed by atoms with van der Waals surface area (Å²) in [7, 11) is 0. The van der Waals surface area contributed by atoms with E-state index in [1.165, 1.54) is 132 Å². The molecule has 0 N–H and O–H groups in total. The lowest BCUT2D eigenvalue weighted by Crippen LogP contribution is -2.32. The van der Waals surface area contributed by atoms with E-state index in [1.807, 2.05) is 0 Å². The predicted octanol–water partition coefficient (Wildman–Crippen LogP) is 17.9. The normalized spacial score (nSPS) is 20.1. The Morgan fingerprint density at radius 3 is 1.59 bits per heavy atom. The van der Waals surface area contributed by atoms with Gasteiger partial charge < -0.3 is 4.90 Å². The summed E-state index contributed by atoms with van der Waals surface area (Å²) < 4.78 is 0. The molecule has 0 heterocycles. The van der Waals surface area contributed by atoms with Crippen LogP contribution in [0.4, 0.5) is 17.1 Å². The Balaban J connectivity index is 0.929. The van der Waals surface area contributed by atoms with Crippen LogP contribution in [0.25, 0.3) is 66.8 Å². The summed E-state index contributed by atoms with van der Waals surface area (Å²) in [6, 6.07) is 76.5. The molecular formula is C67H55N. The van der Waals surface area contributed by atoms with Crippen LogP contribution in [0.3, 0.4) is 0 Å². The van der Waals surface area contributed by atoms with Crippen molar-refractivity contribution >= 4 is 17.1 Å². The average molecular weight is 874 g/mol. The number of benzene rings is 9. The van der Waals surface area contributed by atoms with Gasteiger partial charge in [-0.15, -0.1) is 0 Å². The van der Waals surface area contributed by atoms with Crippen LogP contribution in [-0.2, 0) is 16.2 Å². The Labute approximate surface area is 401 Å². The summed E-state index contributed by atoms with van der Waals surface area (Å²) in [5, 5.41) is 0. The van der Waals surface area contributed by atoms with Crippen molar-refractivity contribution in [3.05, 3.63) is 234 Å². The van der Waals surface area contributed by atoms with Crippen molar-refractivity contribution in [3.8, 4) is 66.8 Å². The highest BCUT2D eigenvalue weighted by molar-refractivity contribution is 5.95. The molecule has 68 heavy (non-hydrogen) atoms. The topological polar surface area (TPSA) is 3.24 Å². The molecule has 9 aromatic rings. The van der Waals surface area contributed by atoms with Gasteiger partial charge >= 0.3 is 0 Å². The van der Waals surface area contributed by atoms with Crippen LogP contribution >= 0.6 is 0 Å². The predicted molar refractivity (Wildman–Crippen MR) is 284 cm³/mol. The van der Waals surface area contributed by atoms with Gasteiger partial charge in [-0.25, -0.2) is 0 Å². The Kier molecular flexibility index (Phi) is 8.45. The molecule has 2 bridgehead atoms. The number of hydrogen-bond donors (Lipinski definition) is 0. The lowest BCUT2D eigenvalue weighted by Gasteiger charge is -2.37. The van der Waals surface area contributed by atoms with Crippen molar-refractivity contribution in [2.75, 3.05) is 4.90 Å². The van der Waals surface area contributed by atoms with Gasteiger partial charge in [0.25, 0.3) is 0 Å². The molecule has 0 aromatic heterocycles. The highest BCUT2D eigenvalue weighted by Crippen LogP contribution is 2.66. The molecule has 14 rings (SSSR count). The van der Waals surface area contributed by atoms with Gasteiger partial charge in [0.05, 0.1) is 5.69 Å². The molecule has 2 saturated carbocycles. The van der Waals surface area contributed by atoms with Gasteiger partial charge in [-0.3, -0.25) is 0 Å². The fraction of sp³-hybridized carbons (Fsp3) is 0.194. The zero-order chi connectivity index (χ0) is 45.5. The number of hydrogen-bond acceptors (Lipinski definition) is 1. The first-order valence-electron chi connectivity index (χ1n) is 25.0. The molecule has 328 valence electrons. The summed E-state index contributed by atoms with van der Waals surface area (Å²) in [6.45, 7) is 9.56. The van der Waals surface area contributed by atoms with Crippen molar-refractivity contribution < 1.29 is 0 Å². The van der Waals surface area contributed by atoms with E-state index in [-0.39, 0.29) is 16.2 Å². The highest BCUT2D eigenvalue weighted by atomic mass is 15.1. The highest BCUT2D eigenvalue weighted by Gasteiger charge is 2.56. The number of nitrogens with zero attached hydrogens (tertiary/aromatic N) is 1. The monoisotopic (exact) mass is 873 g/mol. The van der Waals surface area contributed by atoms with Gasteiger partial charge in [0, 0.05) is 33.2 Å². The average Bonchev–Trinajstić information content (AvgIpc) is 4.17. The molecule has 5 aliphatic carbocycles. The number of rotatable bonds is 6. The largest absolute Gasteiger partial charge is 0.310 e. The maximum absolute atomic E-state index is 2.61. The smallest absolute Gasteiger partial charge is 0.0540 e. The molecule has 3 atom stereocenters. The summed E-state index contributed by atoms with van der Waals surface area (Å²) in [4.78, 5) is 2.56. The van der Waals surface area contributed by atoms with E-state index in [0.717, 1.165) is 11.6 Å². The number of anilines is 3. The first kappa shape index (κ1) is 39.9.